The van der Waals surface area contributed by atoms with Crippen LogP contribution in [-0.4, -0.2) is 25.6 Å². The third-order valence-electron chi connectivity index (χ3n) is 2.38. The highest BCUT2D eigenvalue weighted by Crippen LogP contribution is 2.20. The van der Waals surface area contributed by atoms with Gasteiger partial charge in [-0.25, -0.2) is 0 Å². The Labute approximate surface area is 103 Å². The summed E-state index contributed by atoms with van der Waals surface area (Å²) >= 11 is 0. The summed E-state index contributed by atoms with van der Waals surface area (Å²) in [4.78, 5) is 12.0. The average molecular weight is 236 g/mol. The molecule has 94 valence electrons. The van der Waals surface area contributed by atoms with E-state index < -0.39 is 0 Å². The molecule has 0 radical (unpaired) electrons. The first-order chi connectivity index (χ1) is 8.29. The molecule has 0 atom stereocenters. The number of carbonyl (C=O) groups is 1. The Balaban J connectivity index is 2.55. The minimum Gasteiger partial charge on any atom is -0.493 e. The van der Waals surface area contributed by atoms with Crippen LogP contribution in [0, 0.1) is 0 Å². The first-order valence-corrected chi connectivity index (χ1v) is 6.12. The van der Waals surface area contributed by atoms with Crippen LogP contribution >= 0.6 is 0 Å². The molecule has 0 fully saturated rings. The maximum absolute atomic E-state index is 12.0. The van der Waals surface area contributed by atoms with Crippen LogP contribution in [0.25, 0.3) is 0 Å². The van der Waals surface area contributed by atoms with Crippen LogP contribution in [0.5, 0.6) is 5.75 Å². The summed E-state index contributed by atoms with van der Waals surface area (Å²) in [5, 5.41) is 0. The SMILES string of the molecule is CCOCCCC(=O)c1ccccc1OCC. The highest BCUT2D eigenvalue weighted by molar-refractivity contribution is 5.98. The zero-order valence-corrected chi connectivity index (χ0v) is 10.6. The second kappa shape index (κ2) is 7.85. The van der Waals surface area contributed by atoms with E-state index in [-0.39, 0.29) is 5.78 Å². The number of hydrogen-bond acceptors (Lipinski definition) is 3. The summed E-state index contributed by atoms with van der Waals surface area (Å²) in [6, 6.07) is 7.38. The Kier molecular flexibility index (Phi) is 6.33. The predicted octanol–water partition coefficient (Wildman–Crippen LogP) is 3.08. The number of carbonyl (C=O) groups excluding carboxylic acids is 1. The molecule has 17 heavy (non-hydrogen) atoms. The molecule has 0 bridgehead atoms. The summed E-state index contributed by atoms with van der Waals surface area (Å²) in [6.07, 6.45) is 1.26. The zero-order valence-electron chi connectivity index (χ0n) is 10.6. The molecule has 3 heteroatoms. The largest absolute Gasteiger partial charge is 0.493 e. The van der Waals surface area contributed by atoms with Crippen LogP contribution in [0.1, 0.15) is 37.0 Å². The van der Waals surface area contributed by atoms with E-state index in [1.807, 2.05) is 38.1 Å². The summed E-state index contributed by atoms with van der Waals surface area (Å²) in [5.74, 6) is 0.796. The van der Waals surface area contributed by atoms with Crippen molar-refractivity contribution in [2.24, 2.45) is 0 Å². The standard InChI is InChI=1S/C14H20O3/c1-3-16-11-7-9-13(15)12-8-5-6-10-14(12)17-4-2/h5-6,8,10H,3-4,7,9,11H2,1-2H3. The third kappa shape index (κ3) is 4.57. The molecule has 0 aliphatic rings. The number of benzene rings is 1. The highest BCUT2D eigenvalue weighted by Gasteiger charge is 2.11. The summed E-state index contributed by atoms with van der Waals surface area (Å²) in [5.41, 5.74) is 0.672. The van der Waals surface area contributed by atoms with Crippen LogP contribution in [0.3, 0.4) is 0 Å². The predicted molar refractivity (Wildman–Crippen MR) is 67.7 cm³/mol. The van der Waals surface area contributed by atoms with Gasteiger partial charge in [0.05, 0.1) is 12.2 Å². The van der Waals surface area contributed by atoms with Gasteiger partial charge in [-0.3, -0.25) is 4.79 Å². The van der Waals surface area contributed by atoms with E-state index in [9.17, 15) is 4.79 Å². The van der Waals surface area contributed by atoms with E-state index in [1.165, 1.54) is 0 Å². The van der Waals surface area contributed by atoms with Crippen LogP contribution < -0.4 is 4.74 Å². The molecule has 0 unspecified atom stereocenters. The molecule has 1 aromatic carbocycles. The van der Waals surface area contributed by atoms with Gasteiger partial charge in [0, 0.05) is 19.6 Å². The van der Waals surface area contributed by atoms with Crippen molar-refractivity contribution in [2.75, 3.05) is 19.8 Å². The molecular weight excluding hydrogens is 216 g/mol. The molecule has 0 saturated heterocycles. The van der Waals surface area contributed by atoms with Gasteiger partial charge in [-0.2, -0.15) is 0 Å². The number of Topliss-reactive ketones (excluding diaryl/α,β-unsaturated/α-hetero) is 1. The number of para-hydroxylation sites is 1. The summed E-state index contributed by atoms with van der Waals surface area (Å²) < 4.78 is 10.6. The molecule has 0 aromatic heterocycles. The number of hydrogen-bond donors (Lipinski definition) is 0. The summed E-state index contributed by atoms with van der Waals surface area (Å²) in [7, 11) is 0. The molecule has 1 aromatic rings. The highest BCUT2D eigenvalue weighted by atomic mass is 16.5. The number of ketones is 1. The van der Waals surface area contributed by atoms with Crippen molar-refractivity contribution in [3.8, 4) is 5.75 Å². The molecule has 0 saturated carbocycles. The lowest BCUT2D eigenvalue weighted by Gasteiger charge is -2.08. The number of ether oxygens (including phenoxy) is 2. The van der Waals surface area contributed by atoms with Crippen molar-refractivity contribution in [3.05, 3.63) is 29.8 Å². The topological polar surface area (TPSA) is 35.5 Å². The van der Waals surface area contributed by atoms with Crippen molar-refractivity contribution in [2.45, 2.75) is 26.7 Å². The maximum atomic E-state index is 12.0. The molecule has 0 amide bonds. The fraction of sp³-hybridized carbons (Fsp3) is 0.500. The third-order valence-corrected chi connectivity index (χ3v) is 2.38. The maximum Gasteiger partial charge on any atom is 0.166 e. The summed E-state index contributed by atoms with van der Waals surface area (Å²) in [6.45, 7) is 5.77. The Hall–Kier alpha value is -1.35. The Morgan fingerprint density at radius 3 is 2.65 bits per heavy atom. The van der Waals surface area contributed by atoms with E-state index in [2.05, 4.69) is 0 Å². The first kappa shape index (κ1) is 13.7. The van der Waals surface area contributed by atoms with Gasteiger partial charge >= 0.3 is 0 Å². The molecule has 0 aliphatic carbocycles. The van der Waals surface area contributed by atoms with Crippen molar-refractivity contribution >= 4 is 5.78 Å². The lowest BCUT2D eigenvalue weighted by Crippen LogP contribution is -2.05. The van der Waals surface area contributed by atoms with Gasteiger partial charge in [-0.15, -0.1) is 0 Å². The van der Waals surface area contributed by atoms with E-state index in [0.29, 0.717) is 37.6 Å². The minimum absolute atomic E-state index is 0.119. The van der Waals surface area contributed by atoms with E-state index in [1.54, 1.807) is 0 Å². The lowest BCUT2D eigenvalue weighted by atomic mass is 10.1. The molecule has 0 spiro atoms. The lowest BCUT2D eigenvalue weighted by molar-refractivity contribution is 0.0943. The first-order valence-electron chi connectivity index (χ1n) is 6.12. The van der Waals surface area contributed by atoms with Gasteiger partial charge in [0.25, 0.3) is 0 Å². The average Bonchev–Trinajstić information content (AvgIpc) is 2.35. The van der Waals surface area contributed by atoms with E-state index in [0.717, 1.165) is 6.42 Å². The van der Waals surface area contributed by atoms with Gasteiger partial charge < -0.3 is 9.47 Å². The van der Waals surface area contributed by atoms with Gasteiger partial charge in [0.15, 0.2) is 5.78 Å². The molecule has 1 rings (SSSR count). The van der Waals surface area contributed by atoms with Gasteiger partial charge in [0.1, 0.15) is 5.75 Å². The van der Waals surface area contributed by atoms with Crippen LogP contribution in [0.2, 0.25) is 0 Å². The van der Waals surface area contributed by atoms with Crippen molar-refractivity contribution in [1.29, 1.82) is 0 Å². The van der Waals surface area contributed by atoms with Crippen molar-refractivity contribution in [3.63, 3.8) is 0 Å². The monoisotopic (exact) mass is 236 g/mol. The quantitative estimate of drug-likeness (QED) is 0.514. The minimum atomic E-state index is 0.119. The van der Waals surface area contributed by atoms with Crippen molar-refractivity contribution in [1.82, 2.24) is 0 Å². The molecule has 0 heterocycles. The van der Waals surface area contributed by atoms with Gasteiger partial charge in [0.2, 0.25) is 0 Å². The van der Waals surface area contributed by atoms with E-state index >= 15 is 0 Å². The Bertz CT molecular complexity index is 347. The second-order valence-corrected chi connectivity index (χ2v) is 3.65. The van der Waals surface area contributed by atoms with Crippen LogP contribution in [0.15, 0.2) is 24.3 Å². The molecule has 0 aliphatic heterocycles. The zero-order chi connectivity index (χ0) is 12.5. The van der Waals surface area contributed by atoms with Crippen LogP contribution in [-0.2, 0) is 4.74 Å². The normalized spacial score (nSPS) is 10.2. The van der Waals surface area contributed by atoms with Gasteiger partial charge in [-0.05, 0) is 32.4 Å². The fourth-order valence-corrected chi connectivity index (χ4v) is 1.59. The second-order valence-electron chi connectivity index (χ2n) is 3.65. The van der Waals surface area contributed by atoms with Crippen molar-refractivity contribution < 1.29 is 14.3 Å². The number of rotatable bonds is 8. The molecule has 0 N–H and O–H groups in total. The Morgan fingerprint density at radius 1 is 1.18 bits per heavy atom. The molecular formula is C14H20O3. The fourth-order valence-electron chi connectivity index (χ4n) is 1.59. The van der Waals surface area contributed by atoms with Gasteiger partial charge in [-0.1, -0.05) is 12.1 Å². The molecule has 3 nitrogen and oxygen atoms in total. The smallest absolute Gasteiger partial charge is 0.166 e. The van der Waals surface area contributed by atoms with E-state index in [4.69, 9.17) is 9.47 Å². The van der Waals surface area contributed by atoms with Crippen LogP contribution in [0.4, 0.5) is 0 Å². The Morgan fingerprint density at radius 2 is 1.94 bits per heavy atom.